The third kappa shape index (κ3) is 37.1. The molecule has 8 heteroatoms. The number of ether oxygens (including phenoxy) is 3. The zero-order chi connectivity index (χ0) is 41.4. The monoisotopic (exact) mass is 790 g/mol. The fourth-order valence-corrected chi connectivity index (χ4v) is 6.73. The third-order valence-corrected chi connectivity index (χ3v) is 10.3. The minimum Gasteiger partial charge on any atom is -0.544 e. The van der Waals surface area contributed by atoms with Crippen molar-refractivity contribution < 1.29 is 38.2 Å². The van der Waals surface area contributed by atoms with Gasteiger partial charge in [-0.25, -0.2) is 0 Å². The molecule has 0 saturated heterocycles. The topological polar surface area (TPSA) is 102 Å². The van der Waals surface area contributed by atoms with Gasteiger partial charge in [-0.3, -0.25) is 9.59 Å². The number of nitrogens with zero attached hydrogens (tertiary/aromatic N) is 1. The standard InChI is InChI=1S/C48H87NO7/c1-6-8-10-12-14-16-18-19-20-21-22-23-24-25-26-27-29-31-33-35-37-39-47(51)56-44(42-54-41-40-45(48(52)53)49(3,4)5)43-55-46(50)38-36-34-32-30-28-17-15-13-11-9-7-2/h8,10,14,16,19-20,44-45H,6-7,9,11-13,15,17-18,21-43H2,1-5H3/b10-8+,16-14+,20-19+. The molecule has 0 aromatic carbocycles. The van der Waals surface area contributed by atoms with Crippen LogP contribution in [-0.4, -0.2) is 75.5 Å². The average molecular weight is 790 g/mol. The molecule has 326 valence electrons. The number of carboxylic acids is 1. The van der Waals surface area contributed by atoms with Crippen LogP contribution < -0.4 is 5.11 Å². The summed E-state index contributed by atoms with van der Waals surface area (Å²) in [6, 6.07) is -0.724. The van der Waals surface area contributed by atoms with Crippen molar-refractivity contribution in [2.24, 2.45) is 0 Å². The van der Waals surface area contributed by atoms with E-state index in [0.717, 1.165) is 57.8 Å². The first kappa shape index (κ1) is 53.6. The summed E-state index contributed by atoms with van der Waals surface area (Å²) in [4.78, 5) is 36.8. The van der Waals surface area contributed by atoms with Crippen LogP contribution in [0, 0.1) is 0 Å². The predicted molar refractivity (Wildman–Crippen MR) is 231 cm³/mol. The number of carbonyl (C=O) groups is 3. The first-order valence-electron chi connectivity index (χ1n) is 23.0. The molecule has 0 amide bonds. The van der Waals surface area contributed by atoms with Gasteiger partial charge in [0.2, 0.25) is 0 Å². The van der Waals surface area contributed by atoms with E-state index in [1.807, 2.05) is 0 Å². The molecule has 0 rings (SSSR count). The van der Waals surface area contributed by atoms with Crippen LogP contribution in [0.2, 0.25) is 0 Å². The van der Waals surface area contributed by atoms with Gasteiger partial charge in [-0.15, -0.1) is 0 Å². The Bertz CT molecular complexity index is 1020. The van der Waals surface area contributed by atoms with Crippen LogP contribution in [0.15, 0.2) is 36.5 Å². The van der Waals surface area contributed by atoms with E-state index in [1.54, 1.807) is 21.1 Å². The molecule has 0 aliphatic heterocycles. The van der Waals surface area contributed by atoms with Gasteiger partial charge in [0.15, 0.2) is 6.10 Å². The molecule has 0 bridgehead atoms. The van der Waals surface area contributed by atoms with Crippen LogP contribution in [0.1, 0.15) is 200 Å². The quantitative estimate of drug-likeness (QED) is 0.0263. The fourth-order valence-electron chi connectivity index (χ4n) is 6.73. The minimum absolute atomic E-state index is 0.0425. The van der Waals surface area contributed by atoms with E-state index in [-0.39, 0.29) is 42.7 Å². The van der Waals surface area contributed by atoms with E-state index in [2.05, 4.69) is 50.3 Å². The van der Waals surface area contributed by atoms with E-state index in [0.29, 0.717) is 12.8 Å². The lowest BCUT2D eigenvalue weighted by atomic mass is 10.0. The Morgan fingerprint density at radius 2 is 1.00 bits per heavy atom. The van der Waals surface area contributed by atoms with Crippen molar-refractivity contribution in [1.82, 2.24) is 0 Å². The summed E-state index contributed by atoms with van der Waals surface area (Å²) in [5.41, 5.74) is 0. The van der Waals surface area contributed by atoms with E-state index in [4.69, 9.17) is 14.2 Å². The molecular weight excluding hydrogens is 703 g/mol. The maximum Gasteiger partial charge on any atom is 0.306 e. The number of carbonyl (C=O) groups excluding carboxylic acids is 3. The third-order valence-electron chi connectivity index (χ3n) is 10.3. The molecule has 0 saturated carbocycles. The van der Waals surface area contributed by atoms with Crippen LogP contribution in [0.4, 0.5) is 0 Å². The summed E-state index contributed by atoms with van der Waals surface area (Å²) in [7, 11) is 5.41. The molecule has 0 spiro atoms. The van der Waals surface area contributed by atoms with Gasteiger partial charge in [-0.2, -0.15) is 0 Å². The van der Waals surface area contributed by atoms with Crippen molar-refractivity contribution in [3.8, 4) is 0 Å². The second-order valence-corrected chi connectivity index (χ2v) is 16.6. The number of hydrogen-bond donors (Lipinski definition) is 0. The fraction of sp³-hybridized carbons (Fsp3) is 0.812. The molecule has 2 atom stereocenters. The Kier molecular flexibility index (Phi) is 37.7. The van der Waals surface area contributed by atoms with Crippen molar-refractivity contribution in [3.63, 3.8) is 0 Å². The molecule has 0 fully saturated rings. The summed E-state index contributed by atoms with van der Waals surface area (Å²) in [6.45, 7) is 4.55. The minimum atomic E-state index is -1.12. The first-order valence-corrected chi connectivity index (χ1v) is 23.0. The van der Waals surface area contributed by atoms with Gasteiger partial charge in [0.05, 0.1) is 40.3 Å². The number of carboxylic acid groups (broad SMARTS) is 1. The van der Waals surface area contributed by atoms with E-state index in [1.165, 1.54) is 109 Å². The maximum absolute atomic E-state index is 12.7. The molecule has 2 unspecified atom stereocenters. The molecule has 0 aromatic heterocycles. The summed E-state index contributed by atoms with van der Waals surface area (Å²) >= 11 is 0. The van der Waals surface area contributed by atoms with Gasteiger partial charge in [-0.05, 0) is 44.9 Å². The lowest BCUT2D eigenvalue weighted by Crippen LogP contribution is -2.55. The van der Waals surface area contributed by atoms with E-state index >= 15 is 0 Å². The second kappa shape index (κ2) is 39.4. The Morgan fingerprint density at radius 1 is 0.554 bits per heavy atom. The SMILES string of the molecule is CC/C=C/C/C=C/C/C=C/CCCCCCCCCCCCCC(=O)OC(COCCC(C(=O)[O-])[N+](C)(C)C)COC(=O)CCCCCCCCCCCCC. The Morgan fingerprint density at radius 3 is 1.48 bits per heavy atom. The number of aliphatic carboxylic acids is 1. The highest BCUT2D eigenvalue weighted by atomic mass is 16.6. The Balaban J connectivity index is 4.24. The normalized spacial score (nSPS) is 13.2. The number of rotatable bonds is 41. The van der Waals surface area contributed by atoms with Crippen LogP contribution >= 0.6 is 0 Å². The number of hydrogen-bond acceptors (Lipinski definition) is 7. The van der Waals surface area contributed by atoms with Gasteiger partial charge < -0.3 is 28.6 Å². The lowest BCUT2D eigenvalue weighted by molar-refractivity contribution is -0.889. The van der Waals surface area contributed by atoms with Gasteiger partial charge in [0, 0.05) is 19.3 Å². The molecule has 0 aliphatic carbocycles. The second-order valence-electron chi connectivity index (χ2n) is 16.6. The number of unbranched alkanes of at least 4 members (excludes halogenated alkanes) is 21. The molecule has 56 heavy (non-hydrogen) atoms. The molecule has 8 nitrogen and oxygen atoms in total. The van der Waals surface area contributed by atoms with Crippen LogP contribution in [0.3, 0.4) is 0 Å². The van der Waals surface area contributed by atoms with Gasteiger partial charge in [-0.1, -0.05) is 172 Å². The first-order chi connectivity index (χ1) is 27.1. The number of esters is 2. The van der Waals surface area contributed by atoms with Gasteiger partial charge in [0.1, 0.15) is 12.6 Å². The van der Waals surface area contributed by atoms with Crippen molar-refractivity contribution in [3.05, 3.63) is 36.5 Å². The van der Waals surface area contributed by atoms with Crippen molar-refractivity contribution >= 4 is 17.9 Å². The van der Waals surface area contributed by atoms with Crippen molar-refractivity contribution in [1.29, 1.82) is 0 Å². The summed E-state index contributed by atoms with van der Waals surface area (Å²) < 4.78 is 17.2. The average Bonchev–Trinajstić information content (AvgIpc) is 3.15. The molecule has 0 radical (unpaired) electrons. The smallest absolute Gasteiger partial charge is 0.306 e. The van der Waals surface area contributed by atoms with Gasteiger partial charge >= 0.3 is 11.9 Å². The molecule has 0 heterocycles. The molecular formula is C48H87NO7. The summed E-state index contributed by atoms with van der Waals surface area (Å²) in [5, 5.41) is 11.6. The zero-order valence-corrected chi connectivity index (χ0v) is 37.1. The van der Waals surface area contributed by atoms with Crippen LogP contribution in [-0.2, 0) is 28.6 Å². The lowest BCUT2D eigenvalue weighted by Gasteiger charge is -2.34. The largest absolute Gasteiger partial charge is 0.544 e. The number of quaternary nitrogens is 1. The van der Waals surface area contributed by atoms with Crippen LogP contribution in [0.25, 0.3) is 0 Å². The Hall–Kier alpha value is -2.45. The predicted octanol–water partition coefficient (Wildman–Crippen LogP) is 11.3. The number of likely N-dealkylation sites (N-methyl/N-ethyl adjacent to an activating group) is 1. The maximum atomic E-state index is 12.7. The number of allylic oxidation sites excluding steroid dienone is 6. The molecule has 0 aromatic rings. The molecule has 0 N–H and O–H groups in total. The highest BCUT2D eigenvalue weighted by molar-refractivity contribution is 5.70. The van der Waals surface area contributed by atoms with Crippen molar-refractivity contribution in [2.45, 2.75) is 212 Å². The van der Waals surface area contributed by atoms with Crippen molar-refractivity contribution in [2.75, 3.05) is 41.0 Å². The van der Waals surface area contributed by atoms with Crippen LogP contribution in [0.5, 0.6) is 0 Å². The highest BCUT2D eigenvalue weighted by Gasteiger charge is 2.25. The summed E-state index contributed by atoms with van der Waals surface area (Å²) in [5.74, 6) is -1.73. The summed E-state index contributed by atoms with van der Waals surface area (Å²) in [6.07, 6.45) is 44.5. The Labute approximate surface area is 344 Å². The van der Waals surface area contributed by atoms with E-state index in [9.17, 15) is 19.5 Å². The van der Waals surface area contributed by atoms with Gasteiger partial charge in [0.25, 0.3) is 0 Å². The van der Waals surface area contributed by atoms with E-state index < -0.39 is 18.1 Å². The highest BCUT2D eigenvalue weighted by Crippen LogP contribution is 2.15. The molecule has 0 aliphatic rings. The zero-order valence-electron chi connectivity index (χ0n) is 37.1.